The van der Waals surface area contributed by atoms with Crippen LogP contribution in [-0.4, -0.2) is 0 Å². The average Bonchev–Trinajstić information content (AvgIpc) is 3.92. The van der Waals surface area contributed by atoms with Gasteiger partial charge in [-0.2, -0.15) is 0 Å². The number of fused-ring (bicyclic) bond motifs is 9. The minimum atomic E-state index is -0.507. The third-order valence-corrected chi connectivity index (χ3v) is 13.4. The molecule has 0 amide bonds. The van der Waals surface area contributed by atoms with Gasteiger partial charge >= 0.3 is 0 Å². The van der Waals surface area contributed by atoms with Gasteiger partial charge < -0.3 is 9.32 Å². The summed E-state index contributed by atoms with van der Waals surface area (Å²) in [5.41, 5.74) is 19.7. The SMILES string of the molecule is CC1(C)c2ccccc2-c2ccc(N(c3ccc(-c4cccc5c4oc4ccccc45)cc3)c3cccc4c3-c3ccccc3C4(c3ccccc3)c3ccccc3)cc21. The number of nitrogens with zero attached hydrogens (tertiary/aromatic N) is 1. The first-order valence-corrected chi connectivity index (χ1v) is 20.9. The molecule has 0 fully saturated rings. The molecule has 0 aliphatic heterocycles. The molecule has 1 heterocycles. The quantitative estimate of drug-likeness (QED) is 0.168. The van der Waals surface area contributed by atoms with E-state index in [-0.39, 0.29) is 5.41 Å². The lowest BCUT2D eigenvalue weighted by molar-refractivity contribution is 0.660. The normalized spacial score (nSPS) is 14.1. The molecular weight excluding hydrogens is 727 g/mol. The second-order valence-electron chi connectivity index (χ2n) is 16.8. The highest BCUT2D eigenvalue weighted by Crippen LogP contribution is 2.60. The molecule has 284 valence electrons. The number of para-hydroxylation sites is 2. The Hall–Kier alpha value is -7.42. The lowest BCUT2D eigenvalue weighted by Gasteiger charge is -2.34. The predicted molar refractivity (Wildman–Crippen MR) is 249 cm³/mol. The maximum atomic E-state index is 6.51. The Bertz CT molecular complexity index is 3240. The maximum absolute atomic E-state index is 6.51. The first-order chi connectivity index (χ1) is 29.5. The molecule has 0 unspecified atom stereocenters. The third kappa shape index (κ3) is 4.82. The van der Waals surface area contributed by atoms with Crippen LogP contribution in [0.3, 0.4) is 0 Å². The van der Waals surface area contributed by atoms with Crippen LogP contribution >= 0.6 is 0 Å². The van der Waals surface area contributed by atoms with Gasteiger partial charge in [0.15, 0.2) is 0 Å². The Morgan fingerprint density at radius 2 is 0.967 bits per heavy atom. The van der Waals surface area contributed by atoms with E-state index in [0.717, 1.165) is 50.1 Å². The summed E-state index contributed by atoms with van der Waals surface area (Å²) in [7, 11) is 0. The lowest BCUT2D eigenvalue weighted by Crippen LogP contribution is -2.28. The monoisotopic (exact) mass is 767 g/mol. The molecule has 0 radical (unpaired) electrons. The number of benzene rings is 9. The average molecular weight is 768 g/mol. The Labute approximate surface area is 350 Å². The van der Waals surface area contributed by atoms with Gasteiger partial charge in [0.2, 0.25) is 0 Å². The number of rotatable bonds is 6. The molecule has 0 N–H and O–H groups in total. The minimum absolute atomic E-state index is 0.149. The molecule has 0 saturated heterocycles. The second kappa shape index (κ2) is 13.0. The molecular formula is C58H41NO. The summed E-state index contributed by atoms with van der Waals surface area (Å²) in [6, 6.07) is 78.0. The summed E-state index contributed by atoms with van der Waals surface area (Å²) in [5.74, 6) is 0. The Kier molecular flexibility index (Phi) is 7.52. The van der Waals surface area contributed by atoms with Gasteiger partial charge in [0.05, 0.1) is 11.1 Å². The first kappa shape index (κ1) is 34.6. The maximum Gasteiger partial charge on any atom is 0.143 e. The molecule has 1 aromatic heterocycles. The highest BCUT2D eigenvalue weighted by Gasteiger charge is 2.47. The standard InChI is InChI=1S/C58H41NO/c1-57(2)49-26-12-9-21-44(49)45-36-35-42(37-52(45)57)59(41-33-31-38(32-34-41)43-24-15-25-47-46-22-11-14-30-54(46)60-56(43)47)53-29-16-28-51-55(53)48-23-10-13-27-50(48)58(51,39-17-5-3-6-18-39)40-19-7-4-8-20-40/h3-37H,1-2H3. The van der Waals surface area contributed by atoms with Crippen molar-refractivity contribution in [3.8, 4) is 33.4 Å². The summed E-state index contributed by atoms with van der Waals surface area (Å²) in [6.07, 6.45) is 0. The van der Waals surface area contributed by atoms with Gasteiger partial charge in [0, 0.05) is 38.7 Å². The second-order valence-corrected chi connectivity index (χ2v) is 16.8. The Morgan fingerprint density at radius 1 is 0.400 bits per heavy atom. The van der Waals surface area contributed by atoms with Crippen molar-refractivity contribution in [2.45, 2.75) is 24.7 Å². The van der Waals surface area contributed by atoms with E-state index in [0.29, 0.717) is 0 Å². The number of hydrogen-bond acceptors (Lipinski definition) is 2. The molecule has 2 aliphatic rings. The van der Waals surface area contributed by atoms with E-state index in [9.17, 15) is 0 Å². The molecule has 0 atom stereocenters. The fourth-order valence-electron chi connectivity index (χ4n) is 10.7. The summed E-state index contributed by atoms with van der Waals surface area (Å²) < 4.78 is 6.51. The first-order valence-electron chi connectivity index (χ1n) is 20.9. The van der Waals surface area contributed by atoms with E-state index in [1.807, 2.05) is 6.07 Å². The number of furan rings is 1. The van der Waals surface area contributed by atoms with Gasteiger partial charge in [-0.3, -0.25) is 0 Å². The largest absolute Gasteiger partial charge is 0.455 e. The van der Waals surface area contributed by atoms with Crippen molar-refractivity contribution in [2.75, 3.05) is 4.90 Å². The van der Waals surface area contributed by atoms with Crippen LogP contribution in [0.5, 0.6) is 0 Å². The van der Waals surface area contributed by atoms with Crippen LogP contribution in [0.4, 0.5) is 17.1 Å². The third-order valence-electron chi connectivity index (χ3n) is 13.4. The van der Waals surface area contributed by atoms with E-state index >= 15 is 0 Å². The van der Waals surface area contributed by atoms with Crippen molar-refractivity contribution in [1.29, 1.82) is 0 Å². The molecule has 2 aliphatic carbocycles. The van der Waals surface area contributed by atoms with Crippen molar-refractivity contribution in [2.24, 2.45) is 0 Å². The van der Waals surface area contributed by atoms with Crippen LogP contribution in [0, 0.1) is 0 Å². The van der Waals surface area contributed by atoms with Gasteiger partial charge in [-0.1, -0.05) is 190 Å². The molecule has 2 heteroatoms. The summed E-state index contributed by atoms with van der Waals surface area (Å²) in [4.78, 5) is 2.49. The lowest BCUT2D eigenvalue weighted by atomic mass is 9.68. The van der Waals surface area contributed by atoms with Gasteiger partial charge in [-0.05, 0) is 92.0 Å². The molecule has 0 spiro atoms. The van der Waals surface area contributed by atoms with Crippen LogP contribution in [0.2, 0.25) is 0 Å². The molecule has 0 saturated carbocycles. The highest BCUT2D eigenvalue weighted by molar-refractivity contribution is 6.09. The summed E-state index contributed by atoms with van der Waals surface area (Å²) in [6.45, 7) is 4.73. The number of hydrogen-bond donors (Lipinski definition) is 0. The van der Waals surface area contributed by atoms with Gasteiger partial charge in [-0.25, -0.2) is 0 Å². The van der Waals surface area contributed by atoms with Crippen molar-refractivity contribution in [3.63, 3.8) is 0 Å². The van der Waals surface area contributed by atoms with Crippen LogP contribution < -0.4 is 4.90 Å². The highest BCUT2D eigenvalue weighted by atomic mass is 16.3. The predicted octanol–water partition coefficient (Wildman–Crippen LogP) is 15.4. The Balaban J connectivity index is 1.10. The molecule has 12 rings (SSSR count). The van der Waals surface area contributed by atoms with Crippen molar-refractivity contribution >= 4 is 39.0 Å². The van der Waals surface area contributed by atoms with Gasteiger partial charge in [-0.15, -0.1) is 0 Å². The topological polar surface area (TPSA) is 16.4 Å². The summed E-state index contributed by atoms with van der Waals surface area (Å²) >= 11 is 0. The zero-order chi connectivity index (χ0) is 40.0. The molecule has 0 bridgehead atoms. The fourth-order valence-corrected chi connectivity index (χ4v) is 10.7. The number of anilines is 3. The summed E-state index contributed by atoms with van der Waals surface area (Å²) in [5, 5.41) is 2.27. The van der Waals surface area contributed by atoms with Crippen LogP contribution in [-0.2, 0) is 10.8 Å². The van der Waals surface area contributed by atoms with E-state index in [4.69, 9.17) is 4.42 Å². The van der Waals surface area contributed by atoms with Crippen molar-refractivity contribution < 1.29 is 4.42 Å². The molecule has 10 aromatic rings. The van der Waals surface area contributed by atoms with E-state index in [1.54, 1.807) is 0 Å². The Morgan fingerprint density at radius 3 is 1.73 bits per heavy atom. The fraction of sp³-hybridized carbons (Fsp3) is 0.0690. The van der Waals surface area contributed by atoms with Crippen molar-refractivity contribution in [3.05, 3.63) is 246 Å². The zero-order valence-electron chi connectivity index (χ0n) is 33.6. The van der Waals surface area contributed by atoms with Gasteiger partial charge in [0.1, 0.15) is 11.2 Å². The smallest absolute Gasteiger partial charge is 0.143 e. The minimum Gasteiger partial charge on any atom is -0.455 e. The zero-order valence-corrected chi connectivity index (χ0v) is 33.6. The van der Waals surface area contributed by atoms with Gasteiger partial charge in [0.25, 0.3) is 0 Å². The molecule has 9 aromatic carbocycles. The molecule has 60 heavy (non-hydrogen) atoms. The van der Waals surface area contributed by atoms with Crippen molar-refractivity contribution in [1.82, 2.24) is 0 Å². The molecule has 2 nitrogen and oxygen atoms in total. The van der Waals surface area contributed by atoms with Crippen LogP contribution in [0.1, 0.15) is 47.2 Å². The van der Waals surface area contributed by atoms with E-state index in [2.05, 4.69) is 225 Å². The van der Waals surface area contributed by atoms with E-state index < -0.39 is 5.41 Å². The van der Waals surface area contributed by atoms with E-state index in [1.165, 1.54) is 55.6 Å². The van der Waals surface area contributed by atoms with Crippen LogP contribution in [0.25, 0.3) is 55.3 Å². The van der Waals surface area contributed by atoms with Crippen LogP contribution in [0.15, 0.2) is 217 Å².